The number of nitriles is 1. The van der Waals surface area contributed by atoms with Crippen LogP contribution in [0.15, 0.2) is 0 Å². The molecule has 2 fully saturated rings. The molecule has 2 saturated carbocycles. The van der Waals surface area contributed by atoms with Crippen LogP contribution in [-0.2, 0) is 4.79 Å². The Balaban J connectivity index is 2.10. The van der Waals surface area contributed by atoms with Gasteiger partial charge in [0.15, 0.2) is 0 Å². The van der Waals surface area contributed by atoms with Crippen molar-refractivity contribution in [3.05, 3.63) is 0 Å². The second-order valence-corrected chi connectivity index (χ2v) is 3.62. The topological polar surface area (TPSA) is 40.9 Å². The summed E-state index contributed by atoms with van der Waals surface area (Å²) in [6, 6.07) is 2.21. The molecule has 0 bridgehead atoms. The van der Waals surface area contributed by atoms with E-state index in [4.69, 9.17) is 5.26 Å². The highest BCUT2D eigenvalue weighted by Gasteiger charge is 2.46. The second-order valence-electron chi connectivity index (χ2n) is 3.62. The van der Waals surface area contributed by atoms with E-state index in [1.54, 1.807) is 0 Å². The zero-order valence-electron chi connectivity index (χ0n) is 6.42. The van der Waals surface area contributed by atoms with Crippen molar-refractivity contribution < 1.29 is 4.79 Å². The SMILES string of the molecule is N#CC1CC2CCCC(=O)C12. The number of ketones is 1. The molecule has 2 aliphatic rings. The maximum Gasteiger partial charge on any atom is 0.137 e. The van der Waals surface area contributed by atoms with E-state index in [2.05, 4.69) is 6.07 Å². The van der Waals surface area contributed by atoms with E-state index in [1.165, 1.54) is 6.42 Å². The average Bonchev–Trinajstić information content (AvgIpc) is 1.93. The highest BCUT2D eigenvalue weighted by Crippen LogP contribution is 2.46. The molecule has 0 aromatic heterocycles. The third-order valence-corrected chi connectivity index (χ3v) is 3.03. The van der Waals surface area contributed by atoms with Crippen molar-refractivity contribution in [1.82, 2.24) is 0 Å². The van der Waals surface area contributed by atoms with Gasteiger partial charge in [-0.2, -0.15) is 5.26 Å². The van der Waals surface area contributed by atoms with Gasteiger partial charge in [-0.1, -0.05) is 0 Å². The number of hydrogen-bond donors (Lipinski definition) is 0. The van der Waals surface area contributed by atoms with Gasteiger partial charge in [0.25, 0.3) is 0 Å². The van der Waals surface area contributed by atoms with Gasteiger partial charge >= 0.3 is 0 Å². The molecular weight excluding hydrogens is 138 g/mol. The van der Waals surface area contributed by atoms with Crippen molar-refractivity contribution in [2.75, 3.05) is 0 Å². The fraction of sp³-hybridized carbons (Fsp3) is 0.778. The molecule has 11 heavy (non-hydrogen) atoms. The third kappa shape index (κ3) is 0.875. The van der Waals surface area contributed by atoms with Crippen LogP contribution in [-0.4, -0.2) is 5.78 Å². The molecule has 0 spiro atoms. The van der Waals surface area contributed by atoms with E-state index in [9.17, 15) is 4.79 Å². The molecule has 2 heteroatoms. The molecule has 3 atom stereocenters. The van der Waals surface area contributed by atoms with Crippen LogP contribution < -0.4 is 0 Å². The van der Waals surface area contributed by atoms with E-state index in [1.807, 2.05) is 0 Å². The first-order valence-corrected chi connectivity index (χ1v) is 4.25. The van der Waals surface area contributed by atoms with Gasteiger partial charge in [-0.05, 0) is 25.2 Å². The summed E-state index contributed by atoms with van der Waals surface area (Å²) in [6.45, 7) is 0. The van der Waals surface area contributed by atoms with E-state index in [0.717, 1.165) is 19.3 Å². The number of fused-ring (bicyclic) bond motifs is 1. The molecule has 0 amide bonds. The third-order valence-electron chi connectivity index (χ3n) is 3.03. The Hall–Kier alpha value is -0.840. The van der Waals surface area contributed by atoms with E-state index < -0.39 is 0 Å². The normalized spacial score (nSPS) is 42.1. The smallest absolute Gasteiger partial charge is 0.137 e. The number of hydrogen-bond acceptors (Lipinski definition) is 2. The molecule has 0 N–H and O–H groups in total. The lowest BCUT2D eigenvalue weighted by Gasteiger charge is -2.43. The summed E-state index contributed by atoms with van der Waals surface area (Å²) in [5.74, 6) is 1.11. The van der Waals surface area contributed by atoms with Crippen LogP contribution in [0, 0.1) is 29.1 Å². The van der Waals surface area contributed by atoms with Gasteiger partial charge in [-0.15, -0.1) is 0 Å². The lowest BCUT2D eigenvalue weighted by molar-refractivity contribution is -0.133. The van der Waals surface area contributed by atoms with Crippen molar-refractivity contribution in [3.63, 3.8) is 0 Å². The highest BCUT2D eigenvalue weighted by molar-refractivity contribution is 5.83. The van der Waals surface area contributed by atoms with Crippen molar-refractivity contribution in [3.8, 4) is 6.07 Å². The van der Waals surface area contributed by atoms with Crippen LogP contribution in [0.25, 0.3) is 0 Å². The molecule has 0 aliphatic heterocycles. The lowest BCUT2D eigenvalue weighted by atomic mass is 9.59. The minimum Gasteiger partial charge on any atom is -0.299 e. The summed E-state index contributed by atoms with van der Waals surface area (Å²) in [5, 5.41) is 8.64. The molecule has 3 unspecified atom stereocenters. The van der Waals surface area contributed by atoms with Crippen LogP contribution in [0.1, 0.15) is 25.7 Å². The first-order valence-electron chi connectivity index (χ1n) is 4.25. The fourth-order valence-electron chi connectivity index (χ4n) is 2.37. The van der Waals surface area contributed by atoms with Gasteiger partial charge in [0.1, 0.15) is 5.78 Å². The van der Waals surface area contributed by atoms with Crippen LogP contribution in [0.2, 0.25) is 0 Å². The van der Waals surface area contributed by atoms with Crippen LogP contribution in [0.3, 0.4) is 0 Å². The standard InChI is InChI=1S/C9H11NO/c10-5-7-4-6-2-1-3-8(11)9(6)7/h6-7,9H,1-4H2. The van der Waals surface area contributed by atoms with Gasteiger partial charge in [0.05, 0.1) is 12.0 Å². The first-order chi connectivity index (χ1) is 5.33. The number of carbonyl (C=O) groups is 1. The summed E-state index contributed by atoms with van der Waals surface area (Å²) in [6.07, 6.45) is 3.93. The Morgan fingerprint density at radius 3 is 3.00 bits per heavy atom. The second kappa shape index (κ2) is 2.34. The van der Waals surface area contributed by atoms with Crippen molar-refractivity contribution >= 4 is 5.78 Å². The molecule has 0 heterocycles. The van der Waals surface area contributed by atoms with Gasteiger partial charge in [-0.3, -0.25) is 4.79 Å². The van der Waals surface area contributed by atoms with Gasteiger partial charge in [-0.25, -0.2) is 0 Å². The molecular formula is C9H11NO. The molecule has 58 valence electrons. The molecule has 0 radical (unpaired) electrons. The zero-order valence-corrected chi connectivity index (χ0v) is 6.42. The zero-order chi connectivity index (χ0) is 7.84. The number of carbonyl (C=O) groups excluding carboxylic acids is 1. The Kier molecular flexibility index (Phi) is 1.45. The van der Waals surface area contributed by atoms with Crippen molar-refractivity contribution in [2.45, 2.75) is 25.7 Å². The van der Waals surface area contributed by atoms with Gasteiger partial charge in [0.2, 0.25) is 0 Å². The summed E-state index contributed by atoms with van der Waals surface area (Å²) in [5.41, 5.74) is 0. The van der Waals surface area contributed by atoms with Gasteiger partial charge in [0, 0.05) is 12.3 Å². The Labute approximate surface area is 66.2 Å². The van der Waals surface area contributed by atoms with Gasteiger partial charge < -0.3 is 0 Å². The Morgan fingerprint density at radius 2 is 2.36 bits per heavy atom. The largest absolute Gasteiger partial charge is 0.299 e. The first kappa shape index (κ1) is 6.84. The van der Waals surface area contributed by atoms with Crippen LogP contribution >= 0.6 is 0 Å². The maximum absolute atomic E-state index is 11.3. The number of Topliss-reactive ketones (excluding diaryl/α,β-unsaturated/α-hetero) is 1. The average molecular weight is 149 g/mol. The molecule has 0 aromatic carbocycles. The Bertz CT molecular complexity index is 228. The number of rotatable bonds is 0. The summed E-state index contributed by atoms with van der Waals surface area (Å²) in [4.78, 5) is 11.3. The molecule has 2 aliphatic carbocycles. The maximum atomic E-state index is 11.3. The number of nitrogens with zero attached hydrogens (tertiary/aromatic N) is 1. The summed E-state index contributed by atoms with van der Waals surface area (Å²) < 4.78 is 0. The van der Waals surface area contributed by atoms with E-state index in [0.29, 0.717) is 11.7 Å². The van der Waals surface area contributed by atoms with E-state index in [-0.39, 0.29) is 11.8 Å². The van der Waals surface area contributed by atoms with Crippen LogP contribution in [0.5, 0.6) is 0 Å². The molecule has 2 nitrogen and oxygen atoms in total. The molecule has 0 aromatic rings. The fourth-order valence-corrected chi connectivity index (χ4v) is 2.37. The monoisotopic (exact) mass is 149 g/mol. The van der Waals surface area contributed by atoms with Crippen molar-refractivity contribution in [2.24, 2.45) is 17.8 Å². The minimum absolute atomic E-state index is 0.0628. The molecule has 0 saturated heterocycles. The minimum atomic E-state index is 0.0628. The lowest BCUT2D eigenvalue weighted by Crippen LogP contribution is -2.43. The van der Waals surface area contributed by atoms with Crippen molar-refractivity contribution in [1.29, 1.82) is 5.26 Å². The highest BCUT2D eigenvalue weighted by atomic mass is 16.1. The van der Waals surface area contributed by atoms with Crippen LogP contribution in [0.4, 0.5) is 0 Å². The Morgan fingerprint density at radius 1 is 1.55 bits per heavy atom. The summed E-state index contributed by atoms with van der Waals surface area (Å²) in [7, 11) is 0. The quantitative estimate of drug-likeness (QED) is 0.524. The predicted octanol–water partition coefficient (Wildman–Crippen LogP) is 1.52. The van der Waals surface area contributed by atoms with E-state index >= 15 is 0 Å². The molecule has 2 rings (SSSR count). The summed E-state index contributed by atoms with van der Waals surface area (Å²) >= 11 is 0. The predicted molar refractivity (Wildman–Crippen MR) is 39.6 cm³/mol.